The first-order chi connectivity index (χ1) is 12.3. The molecule has 4 nitrogen and oxygen atoms in total. The van der Waals surface area contributed by atoms with Crippen LogP contribution < -0.4 is 0 Å². The molecule has 0 aliphatic rings. The third-order valence-corrected chi connectivity index (χ3v) is 5.35. The Balaban J connectivity index is 1.70. The lowest BCUT2D eigenvalue weighted by Gasteiger charge is -2.17. The fraction of sp³-hybridized carbons (Fsp3) is 0.100. The number of thioether (sulfide) groups is 1. The first-order valence-electron chi connectivity index (χ1n) is 8.03. The molecule has 0 fully saturated rings. The van der Waals surface area contributed by atoms with Crippen LogP contribution in [0, 0.1) is 0 Å². The van der Waals surface area contributed by atoms with Crippen molar-refractivity contribution in [2.24, 2.45) is 7.05 Å². The van der Waals surface area contributed by atoms with Crippen molar-refractivity contribution in [2.45, 2.75) is 10.4 Å². The molecule has 2 heterocycles. The van der Waals surface area contributed by atoms with E-state index in [2.05, 4.69) is 58.7 Å². The highest BCUT2D eigenvalue weighted by molar-refractivity contribution is 7.99. The van der Waals surface area contributed by atoms with Crippen LogP contribution in [0.5, 0.6) is 0 Å². The van der Waals surface area contributed by atoms with Crippen molar-refractivity contribution in [3.8, 4) is 11.6 Å². The Kier molecular flexibility index (Phi) is 4.39. The molecular formula is C20H17N3OS. The first-order valence-corrected chi connectivity index (χ1v) is 8.91. The number of benzene rings is 2. The van der Waals surface area contributed by atoms with Crippen LogP contribution in [0.2, 0.25) is 0 Å². The molecule has 4 aromatic rings. The lowest BCUT2D eigenvalue weighted by atomic mass is 10.0. The van der Waals surface area contributed by atoms with Gasteiger partial charge in [-0.3, -0.25) is 0 Å². The van der Waals surface area contributed by atoms with Gasteiger partial charge in [0.15, 0.2) is 16.7 Å². The average molecular weight is 347 g/mol. The van der Waals surface area contributed by atoms with E-state index in [1.807, 2.05) is 35.9 Å². The standard InChI is InChI=1S/C20H17N3OS/c1-23-19(17-13-8-14-24-17)21-22-20(23)25-18(15-9-4-2-5-10-15)16-11-6-3-7-12-16/h2-14,18H,1H3. The van der Waals surface area contributed by atoms with Gasteiger partial charge in [-0.2, -0.15) is 0 Å². The lowest BCUT2D eigenvalue weighted by molar-refractivity contribution is 0.572. The zero-order chi connectivity index (χ0) is 17.1. The molecule has 0 saturated heterocycles. The van der Waals surface area contributed by atoms with Crippen molar-refractivity contribution in [1.82, 2.24) is 14.8 Å². The summed E-state index contributed by atoms with van der Waals surface area (Å²) in [6, 6.07) is 24.7. The number of aromatic nitrogens is 3. The van der Waals surface area contributed by atoms with E-state index in [9.17, 15) is 0 Å². The summed E-state index contributed by atoms with van der Waals surface area (Å²) in [6.45, 7) is 0. The van der Waals surface area contributed by atoms with Gasteiger partial charge in [-0.05, 0) is 23.3 Å². The molecule has 0 radical (unpaired) electrons. The monoisotopic (exact) mass is 347 g/mol. The number of hydrogen-bond donors (Lipinski definition) is 0. The maximum absolute atomic E-state index is 5.46. The van der Waals surface area contributed by atoms with Crippen molar-refractivity contribution < 1.29 is 4.42 Å². The minimum absolute atomic E-state index is 0.148. The zero-order valence-corrected chi connectivity index (χ0v) is 14.6. The summed E-state index contributed by atoms with van der Waals surface area (Å²) in [7, 11) is 1.97. The summed E-state index contributed by atoms with van der Waals surface area (Å²) >= 11 is 1.69. The Hall–Kier alpha value is -2.79. The second kappa shape index (κ2) is 6.99. The molecule has 2 aromatic carbocycles. The van der Waals surface area contributed by atoms with E-state index in [1.54, 1.807) is 18.0 Å². The molecule has 2 aromatic heterocycles. The number of rotatable bonds is 5. The maximum atomic E-state index is 5.46. The number of furan rings is 1. The maximum Gasteiger partial charge on any atom is 0.200 e. The quantitative estimate of drug-likeness (QED) is 0.479. The molecule has 25 heavy (non-hydrogen) atoms. The van der Waals surface area contributed by atoms with Gasteiger partial charge in [-0.1, -0.05) is 72.4 Å². The van der Waals surface area contributed by atoms with Crippen LogP contribution in [0.4, 0.5) is 0 Å². The van der Waals surface area contributed by atoms with Crippen LogP contribution in [0.3, 0.4) is 0 Å². The van der Waals surface area contributed by atoms with Gasteiger partial charge in [-0.25, -0.2) is 0 Å². The fourth-order valence-electron chi connectivity index (χ4n) is 2.73. The van der Waals surface area contributed by atoms with Gasteiger partial charge in [0.05, 0.1) is 11.5 Å². The van der Waals surface area contributed by atoms with E-state index in [-0.39, 0.29) is 5.25 Å². The topological polar surface area (TPSA) is 43.9 Å². The number of nitrogens with zero attached hydrogens (tertiary/aromatic N) is 3. The second-order valence-corrected chi connectivity index (χ2v) is 6.73. The molecule has 0 bridgehead atoms. The van der Waals surface area contributed by atoms with Crippen LogP contribution in [0.1, 0.15) is 16.4 Å². The SMILES string of the molecule is Cn1c(SC(c2ccccc2)c2ccccc2)nnc1-c1ccco1. The van der Waals surface area contributed by atoms with Crippen molar-refractivity contribution >= 4 is 11.8 Å². The van der Waals surface area contributed by atoms with Gasteiger partial charge in [0.2, 0.25) is 0 Å². The summed E-state index contributed by atoms with van der Waals surface area (Å²) in [5.41, 5.74) is 2.47. The first kappa shape index (κ1) is 15.7. The van der Waals surface area contributed by atoms with Crippen LogP contribution in [0.15, 0.2) is 88.6 Å². The predicted octanol–water partition coefficient (Wildman–Crippen LogP) is 4.96. The van der Waals surface area contributed by atoms with Crippen molar-refractivity contribution in [3.63, 3.8) is 0 Å². The third-order valence-electron chi connectivity index (χ3n) is 4.00. The van der Waals surface area contributed by atoms with Crippen LogP contribution >= 0.6 is 11.8 Å². The molecule has 0 N–H and O–H groups in total. The molecule has 5 heteroatoms. The van der Waals surface area contributed by atoms with Crippen LogP contribution in [0.25, 0.3) is 11.6 Å². The largest absolute Gasteiger partial charge is 0.461 e. The third kappa shape index (κ3) is 3.23. The summed E-state index contributed by atoms with van der Waals surface area (Å²) in [5.74, 6) is 1.45. The Morgan fingerprint density at radius 2 is 1.48 bits per heavy atom. The molecule has 0 aliphatic carbocycles. The lowest BCUT2D eigenvalue weighted by Crippen LogP contribution is -2.00. The minimum atomic E-state index is 0.148. The predicted molar refractivity (Wildman–Crippen MR) is 99.3 cm³/mol. The van der Waals surface area contributed by atoms with E-state index in [0.717, 1.165) is 16.7 Å². The summed E-state index contributed by atoms with van der Waals surface area (Å²) < 4.78 is 7.43. The highest BCUT2D eigenvalue weighted by atomic mass is 32.2. The van der Waals surface area contributed by atoms with Crippen molar-refractivity contribution in [1.29, 1.82) is 0 Å². The Labute approximate surface area is 150 Å². The molecular weight excluding hydrogens is 330 g/mol. The van der Waals surface area contributed by atoms with Crippen LogP contribution in [-0.4, -0.2) is 14.8 Å². The molecule has 0 amide bonds. The average Bonchev–Trinajstić information content (AvgIpc) is 3.31. The highest BCUT2D eigenvalue weighted by Gasteiger charge is 2.20. The van der Waals surface area contributed by atoms with Gasteiger partial charge in [-0.15, -0.1) is 10.2 Å². The number of hydrogen-bond acceptors (Lipinski definition) is 4. The summed E-state index contributed by atoms with van der Waals surface area (Å²) in [6.07, 6.45) is 1.65. The summed E-state index contributed by atoms with van der Waals surface area (Å²) in [4.78, 5) is 0. The molecule has 0 atom stereocenters. The van der Waals surface area contributed by atoms with Crippen molar-refractivity contribution in [3.05, 3.63) is 90.2 Å². The normalized spacial score (nSPS) is 11.1. The Morgan fingerprint density at radius 1 is 0.840 bits per heavy atom. The molecule has 0 aliphatic heterocycles. The van der Waals surface area contributed by atoms with Gasteiger partial charge in [0.1, 0.15) is 0 Å². The zero-order valence-electron chi connectivity index (χ0n) is 13.7. The Bertz CT molecular complexity index is 894. The van der Waals surface area contributed by atoms with Crippen molar-refractivity contribution in [2.75, 3.05) is 0 Å². The van der Waals surface area contributed by atoms with Gasteiger partial charge in [0.25, 0.3) is 0 Å². The summed E-state index contributed by atoms with van der Waals surface area (Å²) in [5, 5.41) is 9.67. The molecule has 4 rings (SSSR count). The van der Waals surface area contributed by atoms with E-state index in [1.165, 1.54) is 11.1 Å². The van der Waals surface area contributed by atoms with E-state index < -0.39 is 0 Å². The van der Waals surface area contributed by atoms with E-state index in [4.69, 9.17) is 4.42 Å². The molecule has 0 unspecified atom stereocenters. The van der Waals surface area contributed by atoms with E-state index in [0.29, 0.717) is 0 Å². The second-order valence-electron chi connectivity index (χ2n) is 5.66. The van der Waals surface area contributed by atoms with Gasteiger partial charge >= 0.3 is 0 Å². The fourth-order valence-corrected chi connectivity index (χ4v) is 3.86. The van der Waals surface area contributed by atoms with Gasteiger partial charge < -0.3 is 8.98 Å². The van der Waals surface area contributed by atoms with Crippen LogP contribution in [-0.2, 0) is 7.05 Å². The minimum Gasteiger partial charge on any atom is -0.461 e. The van der Waals surface area contributed by atoms with E-state index >= 15 is 0 Å². The Morgan fingerprint density at radius 3 is 2.04 bits per heavy atom. The van der Waals surface area contributed by atoms with Gasteiger partial charge in [0, 0.05) is 7.05 Å². The molecule has 124 valence electrons. The molecule has 0 spiro atoms. The smallest absolute Gasteiger partial charge is 0.200 e. The molecule has 0 saturated carbocycles. The highest BCUT2D eigenvalue weighted by Crippen LogP contribution is 2.40.